The van der Waals surface area contributed by atoms with Gasteiger partial charge in [0, 0.05) is 44.0 Å². The summed E-state index contributed by atoms with van der Waals surface area (Å²) in [6.45, 7) is 9.60. The third-order valence-electron chi connectivity index (χ3n) is 5.71. The lowest BCUT2D eigenvalue weighted by molar-refractivity contribution is -0.129. The Labute approximate surface area is 181 Å². The van der Waals surface area contributed by atoms with Crippen LogP contribution in [0.25, 0.3) is 5.78 Å². The van der Waals surface area contributed by atoms with Crippen molar-refractivity contribution in [3.63, 3.8) is 0 Å². The Hall–Kier alpha value is -2.45. The van der Waals surface area contributed by atoms with Gasteiger partial charge in [-0.2, -0.15) is 4.98 Å². The molecule has 30 heavy (non-hydrogen) atoms. The molecule has 0 atom stereocenters. The van der Waals surface area contributed by atoms with Crippen LogP contribution in [-0.4, -0.2) is 74.3 Å². The maximum Gasteiger partial charge on any atom is 0.253 e. The first-order chi connectivity index (χ1) is 14.4. The fraction of sp³-hybridized carbons (Fsp3) is 0.455. The summed E-state index contributed by atoms with van der Waals surface area (Å²) in [5.74, 6) is 1.09. The Kier molecular flexibility index (Phi) is 6.06. The van der Waals surface area contributed by atoms with Gasteiger partial charge in [0.15, 0.2) is 0 Å². The highest BCUT2D eigenvalue weighted by molar-refractivity contribution is 7.99. The molecule has 0 saturated carbocycles. The predicted molar refractivity (Wildman–Crippen MR) is 119 cm³/mol. The number of fused-ring (bicyclic) bond motifs is 1. The molecular formula is C22H28N6OS. The van der Waals surface area contributed by atoms with Crippen molar-refractivity contribution in [1.82, 2.24) is 29.4 Å². The van der Waals surface area contributed by atoms with Crippen LogP contribution < -0.4 is 0 Å². The molecule has 0 radical (unpaired) electrons. The van der Waals surface area contributed by atoms with Crippen LogP contribution in [0.3, 0.4) is 0 Å². The standard InChI is InChI=1S/C22H28N6OS/c1-15-5-7-18(8-6-15)13-19-16(2)23-21-24-22(25-28(21)17(19)3)30-14-20(29)27-11-9-26(4)10-12-27/h5-8H,9-14H2,1-4H3. The molecule has 8 heteroatoms. The second-order valence-electron chi connectivity index (χ2n) is 8.00. The van der Waals surface area contributed by atoms with E-state index in [4.69, 9.17) is 0 Å². The van der Waals surface area contributed by atoms with E-state index in [9.17, 15) is 4.79 Å². The lowest BCUT2D eigenvalue weighted by Crippen LogP contribution is -2.47. The molecule has 0 aliphatic carbocycles. The fourth-order valence-corrected chi connectivity index (χ4v) is 4.41. The molecule has 0 spiro atoms. The van der Waals surface area contributed by atoms with E-state index in [2.05, 4.69) is 65.1 Å². The summed E-state index contributed by atoms with van der Waals surface area (Å²) in [5.41, 5.74) is 5.69. The number of amides is 1. The van der Waals surface area contributed by atoms with E-state index in [0.29, 0.717) is 16.7 Å². The molecule has 1 aromatic carbocycles. The number of aromatic nitrogens is 4. The van der Waals surface area contributed by atoms with Gasteiger partial charge in [-0.3, -0.25) is 4.79 Å². The average molecular weight is 425 g/mol. The number of hydrogen-bond donors (Lipinski definition) is 0. The van der Waals surface area contributed by atoms with Crippen LogP contribution in [0.2, 0.25) is 0 Å². The zero-order valence-electron chi connectivity index (χ0n) is 18.1. The number of likely N-dealkylation sites (N-methyl/N-ethyl adjacent to an activating group) is 1. The molecule has 7 nitrogen and oxygen atoms in total. The van der Waals surface area contributed by atoms with Gasteiger partial charge in [-0.25, -0.2) is 9.50 Å². The number of aryl methyl sites for hydroxylation is 3. The summed E-state index contributed by atoms with van der Waals surface area (Å²) in [5, 5.41) is 5.22. The van der Waals surface area contributed by atoms with E-state index < -0.39 is 0 Å². The molecule has 3 aromatic rings. The van der Waals surface area contributed by atoms with Crippen LogP contribution in [0, 0.1) is 20.8 Å². The van der Waals surface area contributed by atoms with Gasteiger partial charge in [0.25, 0.3) is 5.78 Å². The first kappa shape index (κ1) is 20.8. The van der Waals surface area contributed by atoms with Crippen LogP contribution in [0.15, 0.2) is 29.4 Å². The maximum absolute atomic E-state index is 12.5. The molecule has 2 aromatic heterocycles. The number of benzene rings is 1. The minimum Gasteiger partial charge on any atom is -0.339 e. The van der Waals surface area contributed by atoms with E-state index in [0.717, 1.165) is 44.0 Å². The zero-order chi connectivity index (χ0) is 21.3. The third-order valence-corrected chi connectivity index (χ3v) is 6.53. The number of hydrogen-bond acceptors (Lipinski definition) is 6. The minimum absolute atomic E-state index is 0.146. The first-order valence-electron chi connectivity index (χ1n) is 10.3. The van der Waals surface area contributed by atoms with Gasteiger partial charge in [-0.15, -0.1) is 5.10 Å². The smallest absolute Gasteiger partial charge is 0.253 e. The van der Waals surface area contributed by atoms with Crippen molar-refractivity contribution < 1.29 is 4.79 Å². The SMILES string of the molecule is Cc1ccc(Cc2c(C)nc3nc(SCC(=O)N4CCN(C)CC4)nn3c2C)cc1. The highest BCUT2D eigenvalue weighted by Gasteiger charge is 2.20. The number of nitrogens with zero attached hydrogens (tertiary/aromatic N) is 6. The molecule has 3 heterocycles. The van der Waals surface area contributed by atoms with Gasteiger partial charge in [0.05, 0.1) is 5.75 Å². The van der Waals surface area contributed by atoms with Crippen molar-refractivity contribution in [2.24, 2.45) is 0 Å². The summed E-state index contributed by atoms with van der Waals surface area (Å²) in [7, 11) is 2.08. The van der Waals surface area contributed by atoms with Gasteiger partial charge < -0.3 is 9.80 Å². The summed E-state index contributed by atoms with van der Waals surface area (Å²) in [4.78, 5) is 25.9. The van der Waals surface area contributed by atoms with Crippen molar-refractivity contribution in [2.45, 2.75) is 32.3 Å². The quantitative estimate of drug-likeness (QED) is 0.587. The molecule has 1 aliphatic heterocycles. The number of piperazine rings is 1. The fourth-order valence-electron chi connectivity index (χ4n) is 3.69. The van der Waals surface area contributed by atoms with E-state index in [1.54, 1.807) is 4.52 Å². The Morgan fingerprint density at radius 1 is 1.03 bits per heavy atom. The summed E-state index contributed by atoms with van der Waals surface area (Å²) < 4.78 is 1.80. The molecule has 1 aliphatic rings. The molecule has 158 valence electrons. The Balaban J connectivity index is 1.49. The van der Waals surface area contributed by atoms with Crippen molar-refractivity contribution in [3.05, 3.63) is 52.3 Å². The molecule has 1 amide bonds. The molecule has 1 saturated heterocycles. The number of thioether (sulfide) groups is 1. The van der Waals surface area contributed by atoms with Gasteiger partial charge in [-0.05, 0) is 38.9 Å². The lowest BCUT2D eigenvalue weighted by atomic mass is 10.0. The highest BCUT2D eigenvalue weighted by Crippen LogP contribution is 2.21. The lowest BCUT2D eigenvalue weighted by Gasteiger charge is -2.32. The van der Waals surface area contributed by atoms with Crippen LogP contribution in [0.5, 0.6) is 0 Å². The van der Waals surface area contributed by atoms with Crippen molar-refractivity contribution >= 4 is 23.4 Å². The van der Waals surface area contributed by atoms with Gasteiger partial charge in [0.1, 0.15) is 0 Å². The molecule has 4 rings (SSSR count). The van der Waals surface area contributed by atoms with Crippen LogP contribution >= 0.6 is 11.8 Å². The Morgan fingerprint density at radius 2 is 1.73 bits per heavy atom. The molecule has 1 fully saturated rings. The minimum atomic E-state index is 0.146. The van der Waals surface area contributed by atoms with E-state index in [-0.39, 0.29) is 5.91 Å². The van der Waals surface area contributed by atoms with Gasteiger partial charge in [-0.1, -0.05) is 41.6 Å². The first-order valence-corrected chi connectivity index (χ1v) is 11.3. The predicted octanol–water partition coefficient (Wildman–Crippen LogP) is 2.51. The number of carbonyl (C=O) groups excluding carboxylic acids is 1. The zero-order valence-corrected chi connectivity index (χ0v) is 18.9. The normalized spacial score (nSPS) is 15.1. The average Bonchev–Trinajstić information content (AvgIpc) is 3.14. The van der Waals surface area contributed by atoms with E-state index >= 15 is 0 Å². The highest BCUT2D eigenvalue weighted by atomic mass is 32.2. The second-order valence-corrected chi connectivity index (χ2v) is 8.94. The topological polar surface area (TPSA) is 66.6 Å². The molecule has 0 N–H and O–H groups in total. The summed E-state index contributed by atoms with van der Waals surface area (Å²) in [6, 6.07) is 8.58. The maximum atomic E-state index is 12.5. The van der Waals surface area contributed by atoms with Crippen molar-refractivity contribution in [3.8, 4) is 0 Å². The monoisotopic (exact) mass is 424 g/mol. The van der Waals surface area contributed by atoms with Crippen LogP contribution in [0.1, 0.15) is 28.1 Å². The van der Waals surface area contributed by atoms with Crippen molar-refractivity contribution in [2.75, 3.05) is 39.0 Å². The van der Waals surface area contributed by atoms with Crippen LogP contribution in [0.4, 0.5) is 0 Å². The summed E-state index contributed by atoms with van der Waals surface area (Å²) >= 11 is 1.39. The number of rotatable bonds is 5. The van der Waals surface area contributed by atoms with Crippen LogP contribution in [-0.2, 0) is 11.2 Å². The van der Waals surface area contributed by atoms with E-state index in [1.165, 1.54) is 28.5 Å². The third kappa shape index (κ3) is 4.49. The van der Waals surface area contributed by atoms with Gasteiger partial charge in [0.2, 0.25) is 11.1 Å². The molecule has 0 bridgehead atoms. The Morgan fingerprint density at radius 3 is 2.43 bits per heavy atom. The second kappa shape index (κ2) is 8.73. The molecular weight excluding hydrogens is 396 g/mol. The summed E-state index contributed by atoms with van der Waals surface area (Å²) in [6.07, 6.45) is 0.811. The number of carbonyl (C=O) groups is 1. The Bertz CT molecular complexity index is 1050. The van der Waals surface area contributed by atoms with Gasteiger partial charge >= 0.3 is 0 Å². The van der Waals surface area contributed by atoms with E-state index in [1.807, 2.05) is 11.8 Å². The molecule has 0 unspecified atom stereocenters. The largest absolute Gasteiger partial charge is 0.339 e. The van der Waals surface area contributed by atoms with Crippen molar-refractivity contribution in [1.29, 1.82) is 0 Å².